The van der Waals surface area contributed by atoms with E-state index < -0.39 is 0 Å². The van der Waals surface area contributed by atoms with E-state index >= 15 is 0 Å². The molecule has 1 N–H and O–H groups in total. The minimum absolute atomic E-state index is 0.484. The van der Waals surface area contributed by atoms with E-state index in [0.717, 1.165) is 17.9 Å². The molecule has 0 saturated carbocycles. The summed E-state index contributed by atoms with van der Waals surface area (Å²) in [6.07, 6.45) is 0. The molecule has 0 unspecified atom stereocenters. The maximum absolute atomic E-state index is 8.55. The van der Waals surface area contributed by atoms with Gasteiger partial charge in [0.25, 0.3) is 0 Å². The molecule has 3 heteroatoms. The average molecular weight is 281 g/mol. The van der Waals surface area contributed by atoms with E-state index in [0.29, 0.717) is 5.96 Å². The van der Waals surface area contributed by atoms with E-state index in [-0.39, 0.29) is 0 Å². The Morgan fingerprint density at radius 1 is 1.05 bits per heavy atom. The third-order valence-corrected chi connectivity index (χ3v) is 3.68. The summed E-state index contributed by atoms with van der Waals surface area (Å²) in [4.78, 5) is 3.95. The summed E-state index contributed by atoms with van der Waals surface area (Å²) in [7, 11) is 1.95. The van der Waals surface area contributed by atoms with Crippen LogP contribution < -0.4 is 9.80 Å². The molecule has 0 aliphatic rings. The first-order chi connectivity index (χ1) is 10.0. The van der Waals surface area contributed by atoms with Crippen LogP contribution in [-0.2, 0) is 0 Å². The second-order valence-corrected chi connectivity index (χ2v) is 5.25. The molecule has 2 aromatic rings. The van der Waals surface area contributed by atoms with Crippen LogP contribution in [0.25, 0.3) is 0 Å². The summed E-state index contributed by atoms with van der Waals surface area (Å²) in [5, 5.41) is 8.55. The molecular formula is C18H23N3. The monoisotopic (exact) mass is 281 g/mol. The molecule has 110 valence electrons. The number of hydrogen-bond donors (Lipinski definition) is 1. The Kier molecular flexibility index (Phi) is 4.63. The molecule has 0 saturated heterocycles. The standard InChI is InChI=1S/C18H23N3/c1-5-21(16-11-8-9-14(2)13-16)18(19)20(4)17-12-7-6-10-15(17)3/h6-13,19H,5H2,1-4H3. The first-order valence-corrected chi connectivity index (χ1v) is 7.26. The number of anilines is 2. The van der Waals surface area contributed by atoms with Gasteiger partial charge in [-0.2, -0.15) is 0 Å². The summed E-state index contributed by atoms with van der Waals surface area (Å²) in [6, 6.07) is 16.4. The topological polar surface area (TPSA) is 30.3 Å². The predicted molar refractivity (Wildman–Crippen MR) is 91.5 cm³/mol. The minimum Gasteiger partial charge on any atom is -0.315 e. The van der Waals surface area contributed by atoms with Gasteiger partial charge in [0.2, 0.25) is 5.96 Å². The van der Waals surface area contributed by atoms with Gasteiger partial charge in [0, 0.05) is 25.0 Å². The Hall–Kier alpha value is -2.29. The second kappa shape index (κ2) is 6.44. The van der Waals surface area contributed by atoms with Crippen molar-refractivity contribution in [1.82, 2.24) is 0 Å². The number of aryl methyl sites for hydroxylation is 2. The molecule has 0 aliphatic heterocycles. The number of benzene rings is 2. The Morgan fingerprint density at radius 2 is 1.76 bits per heavy atom. The molecule has 0 aliphatic carbocycles. The number of para-hydroxylation sites is 1. The highest BCUT2D eigenvalue weighted by Gasteiger charge is 2.16. The minimum atomic E-state index is 0.484. The summed E-state index contributed by atoms with van der Waals surface area (Å²) >= 11 is 0. The number of nitrogens with one attached hydrogen (secondary N) is 1. The zero-order chi connectivity index (χ0) is 15.4. The summed E-state index contributed by atoms with van der Waals surface area (Å²) in [5.41, 5.74) is 4.50. The maximum atomic E-state index is 8.55. The van der Waals surface area contributed by atoms with Crippen molar-refractivity contribution in [2.75, 3.05) is 23.4 Å². The molecule has 0 spiro atoms. The molecule has 2 rings (SSSR count). The molecule has 0 atom stereocenters. The summed E-state index contributed by atoms with van der Waals surface area (Å²) in [6.45, 7) is 6.98. The van der Waals surface area contributed by atoms with Gasteiger partial charge in [-0.25, -0.2) is 0 Å². The van der Waals surface area contributed by atoms with Crippen molar-refractivity contribution in [2.45, 2.75) is 20.8 Å². The van der Waals surface area contributed by atoms with Crippen LogP contribution in [0.3, 0.4) is 0 Å². The lowest BCUT2D eigenvalue weighted by molar-refractivity contribution is 1.00. The quantitative estimate of drug-likeness (QED) is 0.675. The number of guanidine groups is 1. The lowest BCUT2D eigenvalue weighted by atomic mass is 10.2. The molecular weight excluding hydrogens is 258 g/mol. The highest BCUT2D eigenvalue weighted by atomic mass is 15.3. The number of nitrogens with zero attached hydrogens (tertiary/aromatic N) is 2. The zero-order valence-electron chi connectivity index (χ0n) is 13.2. The molecule has 0 radical (unpaired) electrons. The van der Waals surface area contributed by atoms with Crippen LogP contribution in [0.1, 0.15) is 18.1 Å². The van der Waals surface area contributed by atoms with Gasteiger partial charge in [0.1, 0.15) is 0 Å². The van der Waals surface area contributed by atoms with E-state index in [9.17, 15) is 0 Å². The SMILES string of the molecule is CCN(C(=N)N(C)c1ccccc1C)c1cccc(C)c1. The molecule has 21 heavy (non-hydrogen) atoms. The van der Waals surface area contributed by atoms with Crippen molar-refractivity contribution in [1.29, 1.82) is 5.41 Å². The normalized spacial score (nSPS) is 10.3. The highest BCUT2D eigenvalue weighted by molar-refractivity contribution is 6.05. The molecule has 0 fully saturated rings. The average Bonchev–Trinajstić information content (AvgIpc) is 2.48. The van der Waals surface area contributed by atoms with Gasteiger partial charge < -0.3 is 9.80 Å². The van der Waals surface area contributed by atoms with Gasteiger partial charge in [0.05, 0.1) is 0 Å². The van der Waals surface area contributed by atoms with Gasteiger partial charge in [-0.05, 0) is 50.1 Å². The molecule has 0 aromatic heterocycles. The van der Waals surface area contributed by atoms with Gasteiger partial charge in [-0.3, -0.25) is 5.41 Å². The third-order valence-electron chi connectivity index (χ3n) is 3.68. The van der Waals surface area contributed by atoms with Crippen LogP contribution >= 0.6 is 0 Å². The highest BCUT2D eigenvalue weighted by Crippen LogP contribution is 2.22. The molecule has 3 nitrogen and oxygen atoms in total. The predicted octanol–water partition coefficient (Wildman–Crippen LogP) is 4.20. The number of hydrogen-bond acceptors (Lipinski definition) is 1. The molecule has 0 heterocycles. The lowest BCUT2D eigenvalue weighted by Crippen LogP contribution is -2.42. The van der Waals surface area contributed by atoms with Crippen molar-refractivity contribution in [2.24, 2.45) is 0 Å². The van der Waals surface area contributed by atoms with E-state index in [2.05, 4.69) is 45.0 Å². The first-order valence-electron chi connectivity index (χ1n) is 7.26. The van der Waals surface area contributed by atoms with E-state index in [1.165, 1.54) is 11.1 Å². The van der Waals surface area contributed by atoms with Gasteiger partial charge in [-0.1, -0.05) is 30.3 Å². The van der Waals surface area contributed by atoms with Crippen LogP contribution in [0.15, 0.2) is 48.5 Å². The van der Waals surface area contributed by atoms with Crippen LogP contribution in [0.4, 0.5) is 11.4 Å². The first kappa shape index (κ1) is 15.1. The molecule has 2 aromatic carbocycles. The zero-order valence-corrected chi connectivity index (χ0v) is 13.2. The fourth-order valence-electron chi connectivity index (χ4n) is 2.49. The van der Waals surface area contributed by atoms with Crippen LogP contribution in [0.5, 0.6) is 0 Å². The van der Waals surface area contributed by atoms with E-state index in [1.807, 2.05) is 41.1 Å². The smallest absolute Gasteiger partial charge is 0.202 e. The number of rotatable bonds is 3. The molecule has 0 amide bonds. The van der Waals surface area contributed by atoms with Crippen LogP contribution in [-0.4, -0.2) is 19.6 Å². The van der Waals surface area contributed by atoms with E-state index in [1.54, 1.807) is 0 Å². The molecule has 0 bridgehead atoms. The lowest BCUT2D eigenvalue weighted by Gasteiger charge is -2.31. The maximum Gasteiger partial charge on any atom is 0.202 e. The summed E-state index contributed by atoms with van der Waals surface area (Å²) in [5.74, 6) is 0.484. The van der Waals surface area contributed by atoms with Crippen molar-refractivity contribution in [3.05, 3.63) is 59.7 Å². The van der Waals surface area contributed by atoms with Crippen LogP contribution in [0, 0.1) is 19.3 Å². The fraction of sp³-hybridized carbons (Fsp3) is 0.278. The van der Waals surface area contributed by atoms with Gasteiger partial charge in [-0.15, -0.1) is 0 Å². The van der Waals surface area contributed by atoms with Crippen molar-refractivity contribution in [3.8, 4) is 0 Å². The third kappa shape index (κ3) is 3.24. The summed E-state index contributed by atoms with van der Waals surface area (Å²) < 4.78 is 0. The van der Waals surface area contributed by atoms with Gasteiger partial charge >= 0.3 is 0 Å². The Labute approximate surface area is 127 Å². The van der Waals surface area contributed by atoms with Crippen molar-refractivity contribution >= 4 is 17.3 Å². The van der Waals surface area contributed by atoms with Crippen molar-refractivity contribution in [3.63, 3.8) is 0 Å². The largest absolute Gasteiger partial charge is 0.315 e. The fourth-order valence-corrected chi connectivity index (χ4v) is 2.49. The van der Waals surface area contributed by atoms with Crippen LogP contribution in [0.2, 0.25) is 0 Å². The Bertz CT molecular complexity index is 634. The van der Waals surface area contributed by atoms with E-state index in [4.69, 9.17) is 5.41 Å². The Balaban J connectivity index is 2.30. The second-order valence-electron chi connectivity index (χ2n) is 5.25. The van der Waals surface area contributed by atoms with Crippen molar-refractivity contribution < 1.29 is 0 Å². The Morgan fingerprint density at radius 3 is 2.38 bits per heavy atom. The van der Waals surface area contributed by atoms with Gasteiger partial charge in [0.15, 0.2) is 0 Å².